The topological polar surface area (TPSA) is 78.2 Å². The van der Waals surface area contributed by atoms with Gasteiger partial charge >= 0.3 is 0 Å². The van der Waals surface area contributed by atoms with Crippen LogP contribution in [-0.4, -0.2) is 20.2 Å². The lowest BCUT2D eigenvalue weighted by atomic mass is 10.3. The Morgan fingerprint density at radius 1 is 1.56 bits per heavy atom. The molecule has 6 heteroatoms. The molecule has 0 aliphatic heterocycles. The fraction of sp³-hybridized carbons (Fsp3) is 0.200. The average molecular weight is 231 g/mol. The third-order valence-electron chi connectivity index (χ3n) is 1.93. The molecule has 0 spiro atoms. The summed E-state index contributed by atoms with van der Waals surface area (Å²) in [5.74, 6) is 0.830. The first-order valence-corrected chi connectivity index (χ1v) is 5.59. The van der Waals surface area contributed by atoms with Crippen LogP contribution >= 0.6 is 11.8 Å². The molecule has 0 saturated heterocycles. The molecule has 0 saturated carbocycles. The van der Waals surface area contributed by atoms with Crippen LogP contribution in [0.4, 0.5) is 0 Å². The van der Waals surface area contributed by atoms with Crippen LogP contribution in [-0.2, 0) is 6.42 Å². The standard InChI is InChI=1S/C10H9N5S/c1-2-8-13-10(15-14-8)16-9-7(6-11)4-3-5-12-9/h3-5H,2H2,1H3,(H,13,14,15). The zero-order chi connectivity index (χ0) is 11.4. The van der Waals surface area contributed by atoms with Crippen LogP contribution in [0.15, 0.2) is 28.5 Å². The fourth-order valence-corrected chi connectivity index (χ4v) is 1.88. The summed E-state index contributed by atoms with van der Waals surface area (Å²) in [4.78, 5) is 8.37. The van der Waals surface area contributed by atoms with Crippen molar-refractivity contribution in [3.05, 3.63) is 29.7 Å². The van der Waals surface area contributed by atoms with Gasteiger partial charge in [0.05, 0.1) is 5.56 Å². The maximum atomic E-state index is 8.90. The van der Waals surface area contributed by atoms with E-state index in [0.717, 1.165) is 12.2 Å². The molecular weight excluding hydrogens is 222 g/mol. The molecule has 0 bridgehead atoms. The van der Waals surface area contributed by atoms with Gasteiger partial charge in [0.1, 0.15) is 16.9 Å². The fourth-order valence-electron chi connectivity index (χ4n) is 1.13. The molecule has 0 amide bonds. The van der Waals surface area contributed by atoms with Gasteiger partial charge in [-0.15, -0.1) is 5.10 Å². The number of pyridine rings is 1. The minimum Gasteiger partial charge on any atom is -0.262 e. The number of aromatic nitrogens is 4. The molecule has 16 heavy (non-hydrogen) atoms. The Balaban J connectivity index is 2.24. The summed E-state index contributed by atoms with van der Waals surface area (Å²) >= 11 is 1.29. The van der Waals surface area contributed by atoms with Gasteiger partial charge in [0, 0.05) is 12.6 Å². The van der Waals surface area contributed by atoms with Crippen LogP contribution in [0.1, 0.15) is 18.3 Å². The van der Waals surface area contributed by atoms with E-state index in [-0.39, 0.29) is 0 Å². The monoisotopic (exact) mass is 231 g/mol. The Morgan fingerprint density at radius 3 is 3.12 bits per heavy atom. The number of H-pyrrole nitrogens is 1. The molecule has 5 nitrogen and oxygen atoms in total. The number of nitrogens with one attached hydrogen (secondary N) is 1. The number of nitrogens with zero attached hydrogens (tertiary/aromatic N) is 4. The number of aromatic amines is 1. The van der Waals surface area contributed by atoms with Crippen molar-refractivity contribution in [3.63, 3.8) is 0 Å². The van der Waals surface area contributed by atoms with E-state index >= 15 is 0 Å². The second-order valence-electron chi connectivity index (χ2n) is 2.99. The number of rotatable bonds is 3. The zero-order valence-electron chi connectivity index (χ0n) is 8.64. The van der Waals surface area contributed by atoms with Crippen molar-refractivity contribution < 1.29 is 0 Å². The molecule has 0 radical (unpaired) electrons. The predicted octanol–water partition coefficient (Wildman–Crippen LogP) is 1.78. The van der Waals surface area contributed by atoms with E-state index in [2.05, 4.69) is 26.2 Å². The van der Waals surface area contributed by atoms with Crippen molar-refractivity contribution >= 4 is 11.8 Å². The van der Waals surface area contributed by atoms with Gasteiger partial charge in [-0.05, 0) is 23.9 Å². The summed E-state index contributed by atoms with van der Waals surface area (Å²) in [5, 5.41) is 17.0. The van der Waals surface area contributed by atoms with Gasteiger partial charge in [0.2, 0.25) is 5.16 Å². The van der Waals surface area contributed by atoms with Crippen molar-refractivity contribution in [1.82, 2.24) is 20.2 Å². The normalized spacial score (nSPS) is 10.0. The molecule has 0 unspecified atom stereocenters. The molecule has 0 aromatic carbocycles. The van der Waals surface area contributed by atoms with Crippen molar-refractivity contribution in [2.45, 2.75) is 23.5 Å². The Bertz CT molecular complexity index is 528. The van der Waals surface area contributed by atoms with Crippen LogP contribution in [0, 0.1) is 11.3 Å². The summed E-state index contributed by atoms with van der Waals surface area (Å²) in [7, 11) is 0. The van der Waals surface area contributed by atoms with Crippen LogP contribution < -0.4 is 0 Å². The Hall–Kier alpha value is -1.87. The molecule has 80 valence electrons. The lowest BCUT2D eigenvalue weighted by Crippen LogP contribution is -1.86. The minimum absolute atomic E-state index is 0.537. The van der Waals surface area contributed by atoms with Gasteiger partial charge in [0.15, 0.2) is 0 Å². The van der Waals surface area contributed by atoms with Crippen LogP contribution in [0.5, 0.6) is 0 Å². The molecular formula is C10H9N5S. The molecule has 0 aliphatic rings. The average Bonchev–Trinajstić information content (AvgIpc) is 2.77. The zero-order valence-corrected chi connectivity index (χ0v) is 9.45. The van der Waals surface area contributed by atoms with Crippen LogP contribution in [0.2, 0.25) is 0 Å². The highest BCUT2D eigenvalue weighted by Crippen LogP contribution is 2.24. The van der Waals surface area contributed by atoms with Crippen molar-refractivity contribution in [2.24, 2.45) is 0 Å². The third kappa shape index (κ3) is 2.20. The van der Waals surface area contributed by atoms with Gasteiger partial charge in [-0.2, -0.15) is 5.26 Å². The van der Waals surface area contributed by atoms with E-state index < -0.39 is 0 Å². The maximum absolute atomic E-state index is 8.90. The van der Waals surface area contributed by atoms with Crippen molar-refractivity contribution in [3.8, 4) is 6.07 Å². The van der Waals surface area contributed by atoms with Crippen molar-refractivity contribution in [1.29, 1.82) is 5.26 Å². The van der Waals surface area contributed by atoms with E-state index in [1.807, 2.05) is 6.92 Å². The van der Waals surface area contributed by atoms with Gasteiger partial charge in [-0.1, -0.05) is 6.92 Å². The summed E-state index contributed by atoms with van der Waals surface area (Å²) < 4.78 is 0. The largest absolute Gasteiger partial charge is 0.262 e. The molecule has 1 N–H and O–H groups in total. The van der Waals surface area contributed by atoms with E-state index in [1.165, 1.54) is 11.8 Å². The lowest BCUT2D eigenvalue weighted by Gasteiger charge is -1.97. The Labute approximate surface area is 96.9 Å². The molecule has 2 rings (SSSR count). The number of aryl methyl sites for hydroxylation is 1. The third-order valence-corrected chi connectivity index (χ3v) is 2.81. The van der Waals surface area contributed by atoms with Gasteiger partial charge in [-0.3, -0.25) is 5.10 Å². The Kier molecular flexibility index (Phi) is 3.17. The van der Waals surface area contributed by atoms with Crippen LogP contribution in [0.3, 0.4) is 0 Å². The summed E-state index contributed by atoms with van der Waals surface area (Å²) in [6.45, 7) is 2.00. The van der Waals surface area contributed by atoms with Crippen molar-refractivity contribution in [2.75, 3.05) is 0 Å². The number of nitriles is 1. The molecule has 2 heterocycles. The van der Waals surface area contributed by atoms with E-state index in [4.69, 9.17) is 5.26 Å². The highest BCUT2D eigenvalue weighted by Gasteiger charge is 2.08. The first kappa shape index (κ1) is 10.6. The predicted molar refractivity (Wildman–Crippen MR) is 58.8 cm³/mol. The first-order valence-electron chi connectivity index (χ1n) is 4.77. The van der Waals surface area contributed by atoms with Crippen LogP contribution in [0.25, 0.3) is 0 Å². The summed E-state index contributed by atoms with van der Waals surface area (Å²) in [6, 6.07) is 5.55. The summed E-state index contributed by atoms with van der Waals surface area (Å²) in [5.41, 5.74) is 0.537. The van der Waals surface area contributed by atoms with E-state index in [9.17, 15) is 0 Å². The lowest BCUT2D eigenvalue weighted by molar-refractivity contribution is 0.940. The maximum Gasteiger partial charge on any atom is 0.214 e. The van der Waals surface area contributed by atoms with E-state index in [1.54, 1.807) is 18.3 Å². The first-order chi connectivity index (χ1) is 7.83. The quantitative estimate of drug-likeness (QED) is 0.871. The molecule has 0 fully saturated rings. The number of hydrogen-bond donors (Lipinski definition) is 1. The van der Waals surface area contributed by atoms with Gasteiger partial charge in [0.25, 0.3) is 0 Å². The molecule has 2 aromatic heterocycles. The van der Waals surface area contributed by atoms with E-state index in [0.29, 0.717) is 15.7 Å². The SMILES string of the molecule is CCc1nc(Sc2ncccc2C#N)n[nH]1. The smallest absolute Gasteiger partial charge is 0.214 e. The highest BCUT2D eigenvalue weighted by atomic mass is 32.2. The molecule has 0 atom stereocenters. The summed E-state index contributed by atoms with van der Waals surface area (Å²) in [6.07, 6.45) is 2.46. The highest BCUT2D eigenvalue weighted by molar-refractivity contribution is 7.99. The second kappa shape index (κ2) is 4.77. The molecule has 0 aliphatic carbocycles. The molecule has 2 aromatic rings. The minimum atomic E-state index is 0.537. The second-order valence-corrected chi connectivity index (χ2v) is 3.94. The van der Waals surface area contributed by atoms with Gasteiger partial charge < -0.3 is 0 Å². The number of hydrogen-bond acceptors (Lipinski definition) is 5. The Morgan fingerprint density at radius 2 is 2.44 bits per heavy atom. The van der Waals surface area contributed by atoms with Gasteiger partial charge in [-0.25, -0.2) is 9.97 Å².